The number of hydrogen-bond donors (Lipinski definition) is 2. The van der Waals surface area contributed by atoms with Crippen molar-refractivity contribution in [1.82, 2.24) is 10.2 Å². The van der Waals surface area contributed by atoms with E-state index < -0.39 is 6.04 Å². The Balaban J connectivity index is 1.84. The van der Waals surface area contributed by atoms with E-state index >= 15 is 0 Å². The van der Waals surface area contributed by atoms with Crippen LogP contribution in [-0.2, 0) is 16.0 Å². The molecule has 0 aromatic heterocycles. The van der Waals surface area contributed by atoms with Crippen molar-refractivity contribution < 1.29 is 14.3 Å². The Morgan fingerprint density at radius 2 is 2.04 bits per heavy atom. The first-order valence-corrected chi connectivity index (χ1v) is 7.94. The van der Waals surface area contributed by atoms with Crippen molar-refractivity contribution in [2.75, 3.05) is 20.7 Å². The quantitative estimate of drug-likeness (QED) is 0.808. The van der Waals surface area contributed by atoms with Crippen molar-refractivity contribution in [3.63, 3.8) is 0 Å². The number of carbonyl (C=O) groups excluding carboxylic acids is 2. The molecule has 1 aromatic carbocycles. The minimum atomic E-state index is -0.427. The summed E-state index contributed by atoms with van der Waals surface area (Å²) in [6.45, 7) is 0.458. The number of likely N-dealkylation sites (N-methyl/N-ethyl adjacent to an activating group) is 1. The van der Waals surface area contributed by atoms with Gasteiger partial charge in [-0.1, -0.05) is 12.1 Å². The summed E-state index contributed by atoms with van der Waals surface area (Å²) in [7, 11) is 3.22. The van der Waals surface area contributed by atoms with Gasteiger partial charge in [-0.25, -0.2) is 0 Å². The van der Waals surface area contributed by atoms with Crippen molar-refractivity contribution >= 4 is 11.8 Å². The Labute approximate surface area is 137 Å². The molecule has 1 heterocycles. The van der Waals surface area contributed by atoms with Crippen LogP contribution in [0.15, 0.2) is 24.3 Å². The molecule has 0 aliphatic carbocycles. The van der Waals surface area contributed by atoms with Gasteiger partial charge in [0.1, 0.15) is 11.8 Å². The average molecular weight is 319 g/mol. The van der Waals surface area contributed by atoms with E-state index in [0.29, 0.717) is 19.4 Å². The molecule has 2 atom stereocenters. The summed E-state index contributed by atoms with van der Waals surface area (Å²) in [6.07, 6.45) is 2.52. The molecule has 6 heteroatoms. The molecule has 1 fully saturated rings. The summed E-state index contributed by atoms with van der Waals surface area (Å²) < 4.78 is 5.12. The van der Waals surface area contributed by atoms with Crippen LogP contribution in [0.3, 0.4) is 0 Å². The number of carbonyl (C=O) groups is 2. The van der Waals surface area contributed by atoms with E-state index in [1.54, 1.807) is 19.1 Å². The summed E-state index contributed by atoms with van der Waals surface area (Å²) in [5.74, 6) is 0.686. The Morgan fingerprint density at radius 3 is 2.65 bits per heavy atom. The molecule has 3 N–H and O–H groups in total. The molecule has 0 spiro atoms. The van der Waals surface area contributed by atoms with Crippen molar-refractivity contribution in [3.05, 3.63) is 29.8 Å². The molecule has 1 aromatic rings. The first kappa shape index (κ1) is 17.3. The second kappa shape index (κ2) is 7.97. The molecule has 1 saturated heterocycles. The van der Waals surface area contributed by atoms with Crippen LogP contribution in [0.1, 0.15) is 24.8 Å². The lowest BCUT2D eigenvalue weighted by Gasteiger charge is -2.23. The number of benzene rings is 1. The van der Waals surface area contributed by atoms with Crippen LogP contribution in [-0.4, -0.2) is 49.5 Å². The van der Waals surface area contributed by atoms with Crippen LogP contribution in [0, 0.1) is 0 Å². The Hall–Kier alpha value is -2.08. The summed E-state index contributed by atoms with van der Waals surface area (Å²) in [5.41, 5.74) is 7.07. The van der Waals surface area contributed by atoms with Crippen LogP contribution < -0.4 is 15.8 Å². The highest BCUT2D eigenvalue weighted by Crippen LogP contribution is 2.19. The van der Waals surface area contributed by atoms with E-state index in [-0.39, 0.29) is 17.9 Å². The smallest absolute Gasteiger partial charge is 0.242 e. The fourth-order valence-corrected chi connectivity index (χ4v) is 2.94. The third-order valence-corrected chi connectivity index (χ3v) is 4.22. The van der Waals surface area contributed by atoms with Gasteiger partial charge in [0.15, 0.2) is 0 Å². The predicted molar refractivity (Wildman–Crippen MR) is 88.1 cm³/mol. The van der Waals surface area contributed by atoms with Crippen molar-refractivity contribution in [2.45, 2.75) is 37.8 Å². The van der Waals surface area contributed by atoms with Crippen molar-refractivity contribution in [1.29, 1.82) is 0 Å². The molecule has 2 amide bonds. The van der Waals surface area contributed by atoms with E-state index in [9.17, 15) is 9.59 Å². The van der Waals surface area contributed by atoms with Crippen LogP contribution in [0.5, 0.6) is 5.75 Å². The van der Waals surface area contributed by atoms with Gasteiger partial charge in [0.2, 0.25) is 11.8 Å². The monoisotopic (exact) mass is 319 g/mol. The fourth-order valence-electron chi connectivity index (χ4n) is 2.94. The van der Waals surface area contributed by atoms with Gasteiger partial charge in [-0.05, 0) is 37.0 Å². The van der Waals surface area contributed by atoms with Crippen LogP contribution in [0.2, 0.25) is 0 Å². The van der Waals surface area contributed by atoms with Gasteiger partial charge in [-0.3, -0.25) is 9.59 Å². The van der Waals surface area contributed by atoms with E-state index in [2.05, 4.69) is 5.32 Å². The number of nitrogens with two attached hydrogens (primary N) is 1. The summed E-state index contributed by atoms with van der Waals surface area (Å²) in [6, 6.07) is 7.28. The lowest BCUT2D eigenvalue weighted by atomic mass is 10.1. The van der Waals surface area contributed by atoms with Crippen LogP contribution in [0.4, 0.5) is 0 Å². The zero-order chi connectivity index (χ0) is 16.8. The average Bonchev–Trinajstić information content (AvgIpc) is 2.96. The highest BCUT2D eigenvalue weighted by Gasteiger charge is 2.37. The number of likely N-dealkylation sites (tertiary alicyclic amines) is 1. The molecule has 2 rings (SSSR count). The van der Waals surface area contributed by atoms with Crippen molar-refractivity contribution in [2.24, 2.45) is 5.73 Å². The Bertz CT molecular complexity index is 545. The predicted octanol–water partition coefficient (Wildman–Crippen LogP) is 0.692. The number of methoxy groups -OCH3 is 1. The molecule has 1 aliphatic heterocycles. The Kier molecular flexibility index (Phi) is 5.98. The first-order chi connectivity index (χ1) is 11.0. The fraction of sp³-hybridized carbons (Fsp3) is 0.529. The van der Waals surface area contributed by atoms with E-state index in [1.807, 2.05) is 24.3 Å². The minimum absolute atomic E-state index is 0.0000571. The summed E-state index contributed by atoms with van der Waals surface area (Å²) in [5, 5.41) is 2.60. The third kappa shape index (κ3) is 4.45. The van der Waals surface area contributed by atoms with Gasteiger partial charge in [0.25, 0.3) is 0 Å². The molecule has 0 unspecified atom stereocenters. The third-order valence-electron chi connectivity index (χ3n) is 4.22. The molecule has 1 aliphatic rings. The number of aryl methyl sites for hydroxylation is 1. The summed E-state index contributed by atoms with van der Waals surface area (Å²) in [4.78, 5) is 25.9. The van der Waals surface area contributed by atoms with Crippen LogP contribution in [0.25, 0.3) is 0 Å². The molecule has 23 heavy (non-hydrogen) atoms. The SMILES string of the molecule is CNC(=O)[C@@H]1C[C@H](N)CN1C(=O)CCCc1ccc(OC)cc1. The molecular weight excluding hydrogens is 294 g/mol. The second-order valence-corrected chi connectivity index (χ2v) is 5.87. The van der Waals surface area contributed by atoms with E-state index in [4.69, 9.17) is 10.5 Å². The van der Waals surface area contributed by atoms with E-state index in [1.165, 1.54) is 5.56 Å². The molecule has 0 saturated carbocycles. The highest BCUT2D eigenvalue weighted by molar-refractivity contribution is 5.88. The van der Waals surface area contributed by atoms with Gasteiger partial charge in [-0.15, -0.1) is 0 Å². The number of nitrogens with one attached hydrogen (secondary N) is 1. The van der Waals surface area contributed by atoms with Crippen LogP contribution >= 0.6 is 0 Å². The standard InChI is InChI=1S/C17H25N3O3/c1-19-17(22)15-10-13(18)11-20(15)16(21)5-3-4-12-6-8-14(23-2)9-7-12/h6-9,13,15H,3-5,10-11,18H2,1-2H3,(H,19,22)/t13-,15-/m0/s1. The number of ether oxygens (including phenoxy) is 1. The minimum Gasteiger partial charge on any atom is -0.497 e. The van der Waals surface area contributed by atoms with Gasteiger partial charge in [0.05, 0.1) is 7.11 Å². The lowest BCUT2D eigenvalue weighted by molar-refractivity contribution is -0.138. The maximum absolute atomic E-state index is 12.4. The van der Waals surface area contributed by atoms with E-state index in [0.717, 1.165) is 18.6 Å². The maximum atomic E-state index is 12.4. The highest BCUT2D eigenvalue weighted by atomic mass is 16.5. The number of rotatable bonds is 6. The topological polar surface area (TPSA) is 84.7 Å². The summed E-state index contributed by atoms with van der Waals surface area (Å²) >= 11 is 0. The van der Waals surface area contributed by atoms with Gasteiger partial charge >= 0.3 is 0 Å². The van der Waals surface area contributed by atoms with Gasteiger partial charge < -0.3 is 20.7 Å². The lowest BCUT2D eigenvalue weighted by Crippen LogP contribution is -2.44. The zero-order valence-electron chi connectivity index (χ0n) is 13.7. The van der Waals surface area contributed by atoms with Crippen molar-refractivity contribution in [3.8, 4) is 5.75 Å². The number of amides is 2. The molecular formula is C17H25N3O3. The first-order valence-electron chi connectivity index (χ1n) is 7.94. The van der Waals surface area contributed by atoms with Gasteiger partial charge in [-0.2, -0.15) is 0 Å². The van der Waals surface area contributed by atoms with Gasteiger partial charge in [0, 0.05) is 26.1 Å². The maximum Gasteiger partial charge on any atom is 0.242 e. The molecule has 0 radical (unpaired) electrons. The molecule has 6 nitrogen and oxygen atoms in total. The molecule has 0 bridgehead atoms. The normalized spacial score (nSPS) is 20.4. The number of hydrogen-bond acceptors (Lipinski definition) is 4. The Morgan fingerprint density at radius 1 is 1.35 bits per heavy atom. The number of nitrogens with zero attached hydrogens (tertiary/aromatic N) is 1. The largest absolute Gasteiger partial charge is 0.497 e. The second-order valence-electron chi connectivity index (χ2n) is 5.87. The zero-order valence-corrected chi connectivity index (χ0v) is 13.7. The molecule has 126 valence electrons.